The second-order valence-electron chi connectivity index (χ2n) is 4.93. The van der Waals surface area contributed by atoms with Gasteiger partial charge < -0.3 is 10.6 Å². The summed E-state index contributed by atoms with van der Waals surface area (Å²) in [6.07, 6.45) is -5.51. The number of hydroxylamine groups is 1. The Morgan fingerprint density at radius 3 is 2.63 bits per heavy atom. The van der Waals surface area contributed by atoms with Crippen LogP contribution >= 0.6 is 0 Å². The fourth-order valence-electron chi connectivity index (χ4n) is 1.58. The minimum atomic E-state index is -4.34. The highest BCUT2D eigenvalue weighted by Gasteiger charge is 2.42. The van der Waals surface area contributed by atoms with Gasteiger partial charge in [-0.2, -0.15) is 13.2 Å². The second-order valence-corrected chi connectivity index (χ2v) is 4.93. The summed E-state index contributed by atoms with van der Waals surface area (Å²) in [6.45, 7) is 3.28. The monoisotopic (exact) mass is 283 g/mol. The molecule has 0 radical (unpaired) electrons. The minimum Gasteiger partial charge on any atom is -0.354 e. The van der Waals surface area contributed by atoms with Crippen molar-refractivity contribution in [3.8, 4) is 0 Å². The predicted octanol–water partition coefficient (Wildman–Crippen LogP) is 0.694. The van der Waals surface area contributed by atoms with E-state index < -0.39 is 36.7 Å². The van der Waals surface area contributed by atoms with Crippen molar-refractivity contribution in [2.45, 2.75) is 32.5 Å². The van der Waals surface area contributed by atoms with Crippen LogP contribution < -0.4 is 16.1 Å². The molecule has 19 heavy (non-hydrogen) atoms. The molecule has 1 fully saturated rings. The zero-order chi connectivity index (χ0) is 14.7. The van der Waals surface area contributed by atoms with Gasteiger partial charge in [0.15, 0.2) is 0 Å². The van der Waals surface area contributed by atoms with Crippen LogP contribution in [-0.4, -0.2) is 37.3 Å². The first-order valence-corrected chi connectivity index (χ1v) is 5.64. The first-order chi connectivity index (χ1) is 8.62. The summed E-state index contributed by atoms with van der Waals surface area (Å²) in [5, 5.41) is 4.93. The fourth-order valence-corrected chi connectivity index (χ4v) is 1.58. The van der Waals surface area contributed by atoms with Gasteiger partial charge in [-0.15, -0.1) is 0 Å². The highest BCUT2D eigenvalue weighted by Crippen LogP contribution is 2.24. The molecule has 1 saturated heterocycles. The highest BCUT2D eigenvalue weighted by molar-refractivity contribution is 5.89. The molecular weight excluding hydrogens is 267 g/mol. The van der Waals surface area contributed by atoms with Gasteiger partial charge in [0.2, 0.25) is 5.91 Å². The van der Waals surface area contributed by atoms with Gasteiger partial charge in [-0.25, -0.2) is 10.3 Å². The highest BCUT2D eigenvalue weighted by atomic mass is 19.4. The van der Waals surface area contributed by atoms with E-state index in [4.69, 9.17) is 0 Å². The molecule has 1 heterocycles. The lowest BCUT2D eigenvalue weighted by Crippen LogP contribution is -2.50. The van der Waals surface area contributed by atoms with E-state index in [1.807, 2.05) is 5.48 Å². The molecule has 0 aromatic rings. The lowest BCUT2D eigenvalue weighted by molar-refractivity contribution is -0.148. The first kappa shape index (κ1) is 15.5. The average Bonchev–Trinajstić information content (AvgIpc) is 2.50. The second kappa shape index (κ2) is 5.64. The summed E-state index contributed by atoms with van der Waals surface area (Å²) < 4.78 is 35.4. The number of amides is 3. The van der Waals surface area contributed by atoms with Crippen LogP contribution in [0.3, 0.4) is 0 Å². The summed E-state index contributed by atoms with van der Waals surface area (Å²) in [5.74, 6) is -0.338. The van der Waals surface area contributed by atoms with E-state index in [9.17, 15) is 22.8 Å². The molecule has 1 atom stereocenters. The van der Waals surface area contributed by atoms with Gasteiger partial charge in [0.05, 0.1) is 13.0 Å². The van der Waals surface area contributed by atoms with Crippen molar-refractivity contribution in [2.24, 2.45) is 5.41 Å². The Bertz CT molecular complexity index is 358. The van der Waals surface area contributed by atoms with Crippen molar-refractivity contribution < 1.29 is 27.6 Å². The van der Waals surface area contributed by atoms with Crippen LogP contribution in [0.25, 0.3) is 0 Å². The van der Waals surface area contributed by atoms with Crippen LogP contribution in [0.15, 0.2) is 0 Å². The molecule has 9 heteroatoms. The van der Waals surface area contributed by atoms with Crippen molar-refractivity contribution in [3.05, 3.63) is 0 Å². The van der Waals surface area contributed by atoms with E-state index in [1.165, 1.54) is 0 Å². The van der Waals surface area contributed by atoms with Crippen molar-refractivity contribution in [1.82, 2.24) is 16.1 Å². The number of halogens is 3. The fraction of sp³-hybridized carbons (Fsp3) is 0.800. The number of hydrogen-bond donors (Lipinski definition) is 3. The van der Waals surface area contributed by atoms with Crippen LogP contribution in [0.2, 0.25) is 0 Å². The summed E-state index contributed by atoms with van der Waals surface area (Å²) in [7, 11) is 0. The summed E-state index contributed by atoms with van der Waals surface area (Å²) in [6, 6.07) is -1.60. The van der Waals surface area contributed by atoms with E-state index in [-0.39, 0.29) is 5.91 Å². The van der Waals surface area contributed by atoms with E-state index in [2.05, 4.69) is 15.5 Å². The molecule has 1 aliphatic heterocycles. The Morgan fingerprint density at radius 2 is 2.16 bits per heavy atom. The lowest BCUT2D eigenvalue weighted by Gasteiger charge is -2.24. The Morgan fingerprint density at radius 1 is 1.53 bits per heavy atom. The van der Waals surface area contributed by atoms with Gasteiger partial charge in [-0.3, -0.25) is 9.63 Å². The number of urea groups is 1. The third kappa shape index (κ3) is 4.93. The Hall–Kier alpha value is -1.51. The Balaban J connectivity index is 2.30. The minimum absolute atomic E-state index is 0.338. The summed E-state index contributed by atoms with van der Waals surface area (Å²) in [5.41, 5.74) is 1.34. The summed E-state index contributed by atoms with van der Waals surface area (Å²) >= 11 is 0. The van der Waals surface area contributed by atoms with E-state index in [0.29, 0.717) is 6.54 Å². The lowest BCUT2D eigenvalue weighted by atomic mass is 9.88. The molecule has 0 spiro atoms. The van der Waals surface area contributed by atoms with Crippen LogP contribution in [0.1, 0.15) is 20.3 Å². The topological polar surface area (TPSA) is 79.5 Å². The number of carbonyl (C=O) groups is 2. The van der Waals surface area contributed by atoms with Crippen molar-refractivity contribution in [2.75, 3.05) is 13.2 Å². The van der Waals surface area contributed by atoms with Gasteiger partial charge in [0.1, 0.15) is 6.04 Å². The third-order valence-electron chi connectivity index (χ3n) is 2.69. The van der Waals surface area contributed by atoms with E-state index in [1.54, 1.807) is 13.8 Å². The molecule has 0 saturated carbocycles. The molecule has 6 nitrogen and oxygen atoms in total. The molecule has 3 amide bonds. The van der Waals surface area contributed by atoms with Crippen LogP contribution in [-0.2, 0) is 9.63 Å². The maximum absolute atomic E-state index is 11.8. The maximum atomic E-state index is 11.8. The maximum Gasteiger partial charge on any atom is 0.391 e. The van der Waals surface area contributed by atoms with Gasteiger partial charge in [-0.1, -0.05) is 13.8 Å². The number of alkyl halides is 3. The van der Waals surface area contributed by atoms with Crippen molar-refractivity contribution in [3.63, 3.8) is 0 Å². The summed E-state index contributed by atoms with van der Waals surface area (Å²) in [4.78, 5) is 27.2. The molecule has 0 bridgehead atoms. The largest absolute Gasteiger partial charge is 0.391 e. The Kier molecular flexibility index (Phi) is 4.61. The molecule has 0 aromatic carbocycles. The van der Waals surface area contributed by atoms with E-state index in [0.717, 1.165) is 0 Å². The van der Waals surface area contributed by atoms with Crippen LogP contribution in [0.5, 0.6) is 0 Å². The van der Waals surface area contributed by atoms with Gasteiger partial charge in [0, 0.05) is 12.0 Å². The normalized spacial score (nSPS) is 21.9. The first-order valence-electron chi connectivity index (χ1n) is 5.64. The SMILES string of the molecule is CC1(C)CNC(=O)C1NC(=O)NOCCC(F)(F)F. The van der Waals surface area contributed by atoms with Gasteiger partial charge in [0.25, 0.3) is 0 Å². The number of carbonyl (C=O) groups excluding carboxylic acids is 2. The zero-order valence-corrected chi connectivity index (χ0v) is 10.6. The number of nitrogens with one attached hydrogen (secondary N) is 3. The molecule has 1 rings (SSSR count). The van der Waals surface area contributed by atoms with Gasteiger partial charge >= 0.3 is 12.2 Å². The average molecular weight is 283 g/mol. The number of rotatable bonds is 4. The molecule has 1 aliphatic rings. The molecular formula is C10H16F3N3O3. The molecule has 3 N–H and O–H groups in total. The quantitative estimate of drug-likeness (QED) is 0.525. The van der Waals surface area contributed by atoms with Crippen molar-refractivity contribution in [1.29, 1.82) is 0 Å². The predicted molar refractivity (Wildman–Crippen MR) is 58.9 cm³/mol. The molecule has 0 aromatic heterocycles. The number of hydrogen-bond acceptors (Lipinski definition) is 3. The molecule has 0 aliphatic carbocycles. The van der Waals surface area contributed by atoms with Crippen LogP contribution in [0.4, 0.5) is 18.0 Å². The van der Waals surface area contributed by atoms with Gasteiger partial charge in [-0.05, 0) is 0 Å². The smallest absolute Gasteiger partial charge is 0.354 e. The molecule has 110 valence electrons. The standard InChI is InChI=1S/C10H16F3N3O3/c1-9(2)5-14-7(17)6(9)15-8(18)16-19-4-3-10(11,12)13/h6H,3-5H2,1-2H3,(H,14,17)(H2,15,16,18). The van der Waals surface area contributed by atoms with E-state index >= 15 is 0 Å². The molecule has 1 unspecified atom stereocenters. The zero-order valence-electron chi connectivity index (χ0n) is 10.6. The van der Waals surface area contributed by atoms with Crippen LogP contribution in [0, 0.1) is 5.41 Å². The van der Waals surface area contributed by atoms with Crippen molar-refractivity contribution >= 4 is 11.9 Å². The Labute approximate surface area is 108 Å². The third-order valence-corrected chi connectivity index (χ3v) is 2.69.